The summed E-state index contributed by atoms with van der Waals surface area (Å²) in [4.78, 5) is 13.8. The minimum Gasteiger partial charge on any atom is -0.457 e. The summed E-state index contributed by atoms with van der Waals surface area (Å²) in [5, 5.41) is 2.74. The lowest BCUT2D eigenvalue weighted by Gasteiger charge is -2.11. The van der Waals surface area contributed by atoms with Gasteiger partial charge in [-0.2, -0.15) is 13.2 Å². The fourth-order valence-corrected chi connectivity index (χ4v) is 3.13. The maximum Gasteiger partial charge on any atom is 0.417 e. The Morgan fingerprint density at radius 2 is 2.04 bits per heavy atom. The van der Waals surface area contributed by atoms with Gasteiger partial charge in [-0.1, -0.05) is 18.5 Å². The van der Waals surface area contributed by atoms with Crippen LogP contribution >= 0.6 is 23.8 Å². The Balaban J connectivity index is 1.88. The Kier molecular flexibility index (Phi) is 5.30. The predicted molar refractivity (Wildman–Crippen MR) is 99.9 cm³/mol. The van der Waals surface area contributed by atoms with Crippen molar-refractivity contribution in [3.63, 3.8) is 0 Å². The number of hydrogen-bond donors (Lipinski definition) is 1. The highest BCUT2D eigenvalue weighted by atomic mass is 35.5. The van der Waals surface area contributed by atoms with E-state index in [1.807, 2.05) is 6.92 Å². The number of rotatable bonds is 4. The van der Waals surface area contributed by atoms with E-state index >= 15 is 0 Å². The predicted octanol–water partition coefficient (Wildman–Crippen LogP) is 5.09. The van der Waals surface area contributed by atoms with Crippen LogP contribution in [-0.4, -0.2) is 22.5 Å². The fourth-order valence-electron chi connectivity index (χ4n) is 2.62. The summed E-state index contributed by atoms with van der Waals surface area (Å²) in [6.07, 6.45) is -2.35. The first kappa shape index (κ1) is 19.4. The van der Waals surface area contributed by atoms with E-state index in [1.54, 1.807) is 6.07 Å². The Morgan fingerprint density at radius 3 is 2.70 bits per heavy atom. The van der Waals surface area contributed by atoms with Gasteiger partial charge in [0.15, 0.2) is 5.11 Å². The molecule has 0 spiro atoms. The third-order valence-corrected chi connectivity index (χ3v) is 4.53. The van der Waals surface area contributed by atoms with Crippen LogP contribution in [0.2, 0.25) is 5.02 Å². The Labute approximate surface area is 163 Å². The zero-order chi connectivity index (χ0) is 19.8. The van der Waals surface area contributed by atoms with Crippen molar-refractivity contribution in [1.82, 2.24) is 10.2 Å². The topological polar surface area (TPSA) is 45.5 Å². The largest absolute Gasteiger partial charge is 0.457 e. The average molecular weight is 415 g/mol. The second-order valence-electron chi connectivity index (χ2n) is 5.84. The normalized spacial score (nSPS) is 16.3. The maximum absolute atomic E-state index is 13.0. The summed E-state index contributed by atoms with van der Waals surface area (Å²) < 4.78 is 44.6. The molecule has 2 aromatic rings. The molecule has 0 radical (unpaired) electrons. The van der Waals surface area contributed by atoms with Gasteiger partial charge in [-0.15, -0.1) is 0 Å². The molecule has 0 saturated carbocycles. The summed E-state index contributed by atoms with van der Waals surface area (Å²) in [7, 11) is 0. The van der Waals surface area contributed by atoms with Crippen LogP contribution in [0.3, 0.4) is 0 Å². The van der Waals surface area contributed by atoms with E-state index in [1.165, 1.54) is 29.2 Å². The number of hydrogen-bond acceptors (Lipinski definition) is 3. The van der Waals surface area contributed by atoms with Gasteiger partial charge in [0.05, 0.1) is 10.6 Å². The lowest BCUT2D eigenvalue weighted by atomic mass is 10.1. The van der Waals surface area contributed by atoms with Crippen LogP contribution in [0.15, 0.2) is 40.4 Å². The third kappa shape index (κ3) is 4.01. The Morgan fingerprint density at radius 1 is 1.30 bits per heavy atom. The molecule has 0 aliphatic carbocycles. The second-order valence-corrected chi connectivity index (χ2v) is 6.63. The average Bonchev–Trinajstić information content (AvgIpc) is 3.15. The highest BCUT2D eigenvalue weighted by Crippen LogP contribution is 2.37. The Bertz CT molecular complexity index is 937. The van der Waals surface area contributed by atoms with Crippen molar-refractivity contribution in [3.05, 3.63) is 52.4 Å². The minimum absolute atomic E-state index is 0.224. The molecule has 9 heteroatoms. The van der Waals surface area contributed by atoms with Gasteiger partial charge >= 0.3 is 6.18 Å². The molecule has 4 nitrogen and oxygen atoms in total. The van der Waals surface area contributed by atoms with Gasteiger partial charge in [0, 0.05) is 18.2 Å². The van der Waals surface area contributed by atoms with E-state index < -0.39 is 11.7 Å². The van der Waals surface area contributed by atoms with Gasteiger partial charge in [-0.05, 0) is 49.0 Å². The number of benzene rings is 1. The molecule has 0 bridgehead atoms. The molecule has 3 rings (SSSR count). The summed E-state index contributed by atoms with van der Waals surface area (Å²) >= 11 is 10.8. The fraction of sp³-hybridized carbons (Fsp3) is 0.222. The van der Waals surface area contributed by atoms with Crippen molar-refractivity contribution >= 4 is 40.9 Å². The smallest absolute Gasteiger partial charge is 0.417 e. The van der Waals surface area contributed by atoms with Crippen LogP contribution in [0, 0.1) is 0 Å². The first-order chi connectivity index (χ1) is 12.7. The van der Waals surface area contributed by atoms with Crippen molar-refractivity contribution in [2.45, 2.75) is 19.5 Å². The number of thiocarbonyl (C=S) groups is 1. The van der Waals surface area contributed by atoms with Gasteiger partial charge in [0.25, 0.3) is 5.91 Å². The van der Waals surface area contributed by atoms with Gasteiger partial charge in [0.1, 0.15) is 17.2 Å². The van der Waals surface area contributed by atoms with Crippen LogP contribution in [0.1, 0.15) is 24.7 Å². The zero-order valence-electron chi connectivity index (χ0n) is 14.1. The molecule has 27 heavy (non-hydrogen) atoms. The standard InChI is InChI=1S/C18H14ClF3N2O2S/c1-2-7-24-16(25)14(23-17(24)27)9-11-4-6-15(26-11)10-3-5-13(19)12(8-10)18(20,21)22/h3-6,8-9H,2,7H2,1H3,(H,23,27)/b14-9-. The minimum atomic E-state index is -4.57. The van der Waals surface area contributed by atoms with Gasteiger partial charge in [-0.3, -0.25) is 9.69 Å². The number of carbonyl (C=O) groups is 1. The van der Waals surface area contributed by atoms with E-state index in [0.717, 1.165) is 12.5 Å². The molecule has 1 saturated heterocycles. The lowest BCUT2D eigenvalue weighted by Crippen LogP contribution is -2.31. The van der Waals surface area contributed by atoms with Crippen LogP contribution < -0.4 is 5.32 Å². The first-order valence-corrected chi connectivity index (χ1v) is 8.81. The summed E-state index contributed by atoms with van der Waals surface area (Å²) in [5.74, 6) is 0.263. The molecule has 0 atom stereocenters. The van der Waals surface area contributed by atoms with Crippen molar-refractivity contribution in [1.29, 1.82) is 0 Å². The summed E-state index contributed by atoms with van der Waals surface area (Å²) in [6.45, 7) is 2.42. The molecule has 1 aliphatic heterocycles. The molecule has 2 heterocycles. The monoisotopic (exact) mass is 414 g/mol. The number of nitrogens with one attached hydrogen (secondary N) is 1. The number of furan rings is 1. The first-order valence-electron chi connectivity index (χ1n) is 8.02. The van der Waals surface area contributed by atoms with Crippen molar-refractivity contribution in [3.8, 4) is 11.3 Å². The van der Waals surface area contributed by atoms with Crippen LogP contribution in [0.4, 0.5) is 13.2 Å². The molecular weight excluding hydrogens is 401 g/mol. The molecular formula is C18H14ClF3N2O2S. The van der Waals surface area contributed by atoms with E-state index in [-0.39, 0.29) is 28.0 Å². The third-order valence-electron chi connectivity index (χ3n) is 3.88. The van der Waals surface area contributed by atoms with Crippen molar-refractivity contribution in [2.24, 2.45) is 0 Å². The van der Waals surface area contributed by atoms with E-state index in [9.17, 15) is 18.0 Å². The molecule has 142 valence electrons. The molecule has 1 fully saturated rings. The highest BCUT2D eigenvalue weighted by molar-refractivity contribution is 7.80. The van der Waals surface area contributed by atoms with Crippen molar-refractivity contribution < 1.29 is 22.4 Å². The molecule has 1 aromatic heterocycles. The van der Waals surface area contributed by atoms with E-state index in [0.29, 0.717) is 17.4 Å². The molecule has 1 amide bonds. The van der Waals surface area contributed by atoms with Crippen LogP contribution in [-0.2, 0) is 11.0 Å². The Hall–Kier alpha value is -2.32. The number of nitrogens with zero attached hydrogens (tertiary/aromatic N) is 1. The molecule has 1 N–H and O–H groups in total. The number of amides is 1. The lowest BCUT2D eigenvalue weighted by molar-refractivity contribution is -0.137. The van der Waals surface area contributed by atoms with E-state index in [2.05, 4.69) is 5.32 Å². The van der Waals surface area contributed by atoms with Gasteiger partial charge < -0.3 is 9.73 Å². The van der Waals surface area contributed by atoms with Gasteiger partial charge in [-0.25, -0.2) is 0 Å². The van der Waals surface area contributed by atoms with Crippen molar-refractivity contribution in [2.75, 3.05) is 6.54 Å². The van der Waals surface area contributed by atoms with Crippen LogP contribution in [0.5, 0.6) is 0 Å². The molecule has 1 aliphatic rings. The van der Waals surface area contributed by atoms with E-state index in [4.69, 9.17) is 28.2 Å². The van der Waals surface area contributed by atoms with Gasteiger partial charge in [0.2, 0.25) is 0 Å². The second kappa shape index (κ2) is 7.36. The zero-order valence-corrected chi connectivity index (χ0v) is 15.6. The van der Waals surface area contributed by atoms with Crippen LogP contribution in [0.25, 0.3) is 17.4 Å². The maximum atomic E-state index is 13.0. The quantitative estimate of drug-likeness (QED) is 0.559. The summed E-state index contributed by atoms with van der Waals surface area (Å²) in [5.41, 5.74) is -0.460. The number of halogens is 4. The number of alkyl halides is 3. The summed E-state index contributed by atoms with van der Waals surface area (Å²) in [6, 6.07) is 6.62. The molecule has 0 unspecified atom stereocenters. The number of carbonyl (C=O) groups excluding carboxylic acids is 1. The SMILES string of the molecule is CCCN1C(=O)/C(=C/c2ccc(-c3ccc(Cl)c(C(F)(F)F)c3)o2)NC1=S. The highest BCUT2D eigenvalue weighted by Gasteiger charge is 2.34. The molecule has 1 aromatic carbocycles.